The summed E-state index contributed by atoms with van der Waals surface area (Å²) in [5, 5.41) is 11.3. The summed E-state index contributed by atoms with van der Waals surface area (Å²) in [5.41, 5.74) is -0.440. The molecule has 0 aliphatic carbocycles. The van der Waals surface area contributed by atoms with Crippen LogP contribution in [0.25, 0.3) is 0 Å². The summed E-state index contributed by atoms with van der Waals surface area (Å²) in [6.07, 6.45) is 8.68. The minimum atomic E-state index is -0.440. The SMILES string of the molecule is CC(CC1CCCCN1C(=O)OC(C)(C)C)NCCCn1ccnn1. The summed E-state index contributed by atoms with van der Waals surface area (Å²) in [6.45, 7) is 10.6. The van der Waals surface area contributed by atoms with Crippen molar-refractivity contribution in [2.45, 2.75) is 84.0 Å². The van der Waals surface area contributed by atoms with E-state index >= 15 is 0 Å². The average Bonchev–Trinajstić information content (AvgIpc) is 3.04. The quantitative estimate of drug-likeness (QED) is 0.765. The predicted octanol–water partition coefficient (Wildman–Crippen LogP) is 2.83. The predicted molar refractivity (Wildman–Crippen MR) is 97.3 cm³/mol. The number of rotatable bonds is 7. The van der Waals surface area contributed by atoms with Crippen LogP contribution in [0.3, 0.4) is 0 Å². The van der Waals surface area contributed by atoms with Crippen molar-refractivity contribution < 1.29 is 9.53 Å². The van der Waals surface area contributed by atoms with Crippen LogP contribution in [0.4, 0.5) is 4.79 Å². The van der Waals surface area contributed by atoms with E-state index in [4.69, 9.17) is 4.74 Å². The van der Waals surface area contributed by atoms with Gasteiger partial charge in [-0.05, 0) is 66.3 Å². The van der Waals surface area contributed by atoms with Gasteiger partial charge >= 0.3 is 6.09 Å². The van der Waals surface area contributed by atoms with Gasteiger partial charge in [-0.1, -0.05) is 5.21 Å². The van der Waals surface area contributed by atoms with Crippen LogP contribution in [-0.2, 0) is 11.3 Å². The Morgan fingerprint density at radius 3 is 2.88 bits per heavy atom. The lowest BCUT2D eigenvalue weighted by atomic mass is 9.96. The van der Waals surface area contributed by atoms with Gasteiger partial charge in [0.05, 0.1) is 6.20 Å². The lowest BCUT2D eigenvalue weighted by Crippen LogP contribution is -2.48. The van der Waals surface area contributed by atoms with Gasteiger partial charge in [0.2, 0.25) is 0 Å². The van der Waals surface area contributed by atoms with E-state index in [2.05, 4.69) is 22.6 Å². The molecule has 7 heteroatoms. The second-order valence-corrected chi connectivity index (χ2v) is 7.93. The molecule has 2 heterocycles. The number of carbonyl (C=O) groups excluding carboxylic acids is 1. The van der Waals surface area contributed by atoms with E-state index in [0.29, 0.717) is 6.04 Å². The molecule has 0 saturated carbocycles. The molecule has 0 radical (unpaired) electrons. The summed E-state index contributed by atoms with van der Waals surface area (Å²) in [4.78, 5) is 14.4. The number of nitrogens with one attached hydrogen (secondary N) is 1. The molecule has 1 aliphatic rings. The molecule has 0 bridgehead atoms. The van der Waals surface area contributed by atoms with E-state index in [1.165, 1.54) is 6.42 Å². The number of hydrogen-bond acceptors (Lipinski definition) is 5. The van der Waals surface area contributed by atoms with E-state index in [9.17, 15) is 4.79 Å². The Labute approximate surface area is 151 Å². The molecule has 142 valence electrons. The monoisotopic (exact) mass is 351 g/mol. The molecule has 1 aliphatic heterocycles. The highest BCUT2D eigenvalue weighted by atomic mass is 16.6. The Kier molecular flexibility index (Phi) is 7.23. The minimum Gasteiger partial charge on any atom is -0.444 e. The van der Waals surface area contributed by atoms with Gasteiger partial charge in [0.25, 0.3) is 0 Å². The highest BCUT2D eigenvalue weighted by Crippen LogP contribution is 2.23. The third-order valence-corrected chi connectivity index (χ3v) is 4.41. The number of piperidine rings is 1. The zero-order valence-electron chi connectivity index (χ0n) is 16.1. The van der Waals surface area contributed by atoms with Gasteiger partial charge < -0.3 is 15.0 Å². The highest BCUT2D eigenvalue weighted by Gasteiger charge is 2.31. The van der Waals surface area contributed by atoms with Crippen molar-refractivity contribution in [3.05, 3.63) is 12.4 Å². The van der Waals surface area contributed by atoms with Gasteiger partial charge in [-0.25, -0.2) is 4.79 Å². The van der Waals surface area contributed by atoms with E-state index in [1.807, 2.05) is 36.5 Å². The molecule has 2 rings (SSSR count). The number of hydrogen-bond donors (Lipinski definition) is 1. The van der Waals surface area contributed by atoms with Crippen LogP contribution >= 0.6 is 0 Å². The molecule has 1 fully saturated rings. The molecule has 25 heavy (non-hydrogen) atoms. The summed E-state index contributed by atoms with van der Waals surface area (Å²) < 4.78 is 7.42. The highest BCUT2D eigenvalue weighted by molar-refractivity contribution is 5.68. The number of ether oxygens (including phenoxy) is 1. The third-order valence-electron chi connectivity index (χ3n) is 4.41. The van der Waals surface area contributed by atoms with Gasteiger partial charge in [0, 0.05) is 31.4 Å². The number of nitrogens with zero attached hydrogens (tertiary/aromatic N) is 4. The van der Waals surface area contributed by atoms with Crippen molar-refractivity contribution in [1.82, 2.24) is 25.2 Å². The molecule has 2 atom stereocenters. The van der Waals surface area contributed by atoms with Crippen molar-refractivity contribution in [1.29, 1.82) is 0 Å². The third kappa shape index (κ3) is 7.02. The van der Waals surface area contributed by atoms with Gasteiger partial charge in [-0.3, -0.25) is 4.68 Å². The van der Waals surface area contributed by atoms with Crippen LogP contribution in [-0.4, -0.2) is 56.8 Å². The topological polar surface area (TPSA) is 72.3 Å². The van der Waals surface area contributed by atoms with E-state index in [0.717, 1.165) is 45.3 Å². The van der Waals surface area contributed by atoms with Crippen LogP contribution in [0.1, 0.15) is 59.8 Å². The summed E-state index contributed by atoms with van der Waals surface area (Å²) >= 11 is 0. The van der Waals surface area contributed by atoms with Crippen molar-refractivity contribution in [2.75, 3.05) is 13.1 Å². The lowest BCUT2D eigenvalue weighted by molar-refractivity contribution is 0.00791. The van der Waals surface area contributed by atoms with Crippen molar-refractivity contribution >= 4 is 6.09 Å². The zero-order valence-corrected chi connectivity index (χ0v) is 16.1. The van der Waals surface area contributed by atoms with E-state index < -0.39 is 5.60 Å². The van der Waals surface area contributed by atoms with Crippen molar-refractivity contribution in [3.63, 3.8) is 0 Å². The maximum atomic E-state index is 12.5. The molecule has 1 aromatic heterocycles. The normalized spacial score (nSPS) is 19.7. The Bertz CT molecular complexity index is 512. The molecule has 1 N–H and O–H groups in total. The maximum Gasteiger partial charge on any atom is 0.410 e. The molecule has 0 spiro atoms. The standard InChI is InChI=1S/C18H33N5O2/c1-15(19-9-7-11-22-13-10-20-21-22)14-16-8-5-6-12-23(16)17(24)25-18(2,3)4/h10,13,15-16,19H,5-9,11-12,14H2,1-4H3. The molecule has 7 nitrogen and oxygen atoms in total. The van der Waals surface area contributed by atoms with Gasteiger partial charge in [-0.15, -0.1) is 5.10 Å². The number of aromatic nitrogens is 3. The lowest BCUT2D eigenvalue weighted by Gasteiger charge is -2.38. The maximum absolute atomic E-state index is 12.5. The van der Waals surface area contributed by atoms with Crippen LogP contribution in [0.5, 0.6) is 0 Å². The first-order chi connectivity index (χ1) is 11.8. The van der Waals surface area contributed by atoms with Crippen LogP contribution in [0.15, 0.2) is 12.4 Å². The van der Waals surface area contributed by atoms with Crippen LogP contribution in [0, 0.1) is 0 Å². The van der Waals surface area contributed by atoms with E-state index in [-0.39, 0.29) is 12.1 Å². The number of aryl methyl sites for hydroxylation is 1. The fraction of sp³-hybridized carbons (Fsp3) is 0.833. The van der Waals surface area contributed by atoms with Crippen molar-refractivity contribution in [3.8, 4) is 0 Å². The second-order valence-electron chi connectivity index (χ2n) is 7.93. The van der Waals surface area contributed by atoms with Crippen LogP contribution < -0.4 is 5.32 Å². The first-order valence-corrected chi connectivity index (χ1v) is 9.42. The van der Waals surface area contributed by atoms with Gasteiger partial charge in [0.1, 0.15) is 5.60 Å². The van der Waals surface area contributed by atoms with E-state index in [1.54, 1.807) is 6.20 Å². The fourth-order valence-corrected chi connectivity index (χ4v) is 3.24. The Balaban J connectivity index is 1.74. The summed E-state index contributed by atoms with van der Waals surface area (Å²) in [7, 11) is 0. The number of amides is 1. The molecular formula is C18H33N5O2. The smallest absolute Gasteiger partial charge is 0.410 e. The zero-order chi connectivity index (χ0) is 18.3. The summed E-state index contributed by atoms with van der Waals surface area (Å²) in [6, 6.07) is 0.630. The molecular weight excluding hydrogens is 318 g/mol. The molecule has 1 amide bonds. The average molecular weight is 351 g/mol. The fourth-order valence-electron chi connectivity index (χ4n) is 3.24. The number of carbonyl (C=O) groups is 1. The first kappa shape index (κ1) is 19.7. The van der Waals surface area contributed by atoms with Gasteiger partial charge in [-0.2, -0.15) is 0 Å². The minimum absolute atomic E-state index is 0.171. The Hall–Kier alpha value is -1.63. The largest absolute Gasteiger partial charge is 0.444 e. The van der Waals surface area contributed by atoms with Crippen LogP contribution in [0.2, 0.25) is 0 Å². The second kappa shape index (κ2) is 9.17. The molecule has 1 saturated heterocycles. The summed E-state index contributed by atoms with van der Waals surface area (Å²) in [5.74, 6) is 0. The first-order valence-electron chi connectivity index (χ1n) is 9.42. The molecule has 1 aromatic rings. The number of likely N-dealkylation sites (tertiary alicyclic amines) is 1. The Morgan fingerprint density at radius 2 is 2.20 bits per heavy atom. The van der Waals surface area contributed by atoms with Crippen molar-refractivity contribution in [2.24, 2.45) is 0 Å². The molecule has 2 unspecified atom stereocenters. The Morgan fingerprint density at radius 1 is 1.40 bits per heavy atom. The van der Waals surface area contributed by atoms with Gasteiger partial charge in [0.15, 0.2) is 0 Å². The molecule has 0 aromatic carbocycles.